The summed E-state index contributed by atoms with van der Waals surface area (Å²) in [5, 5.41) is 1.55. The van der Waals surface area contributed by atoms with Crippen molar-refractivity contribution in [1.82, 2.24) is 5.32 Å². The molecule has 18 heavy (non-hydrogen) atoms. The number of nitrogens with one attached hydrogen (secondary N) is 1. The Morgan fingerprint density at radius 2 is 1.72 bits per heavy atom. The number of rotatable bonds is 4. The number of hydrogen-bond donors (Lipinski definition) is 1. The fourth-order valence-electron chi connectivity index (χ4n) is 1.05. The van der Waals surface area contributed by atoms with Crippen molar-refractivity contribution in [3.8, 4) is 5.75 Å². The van der Waals surface area contributed by atoms with Crippen LogP contribution in [0, 0.1) is 11.6 Å². The lowest BCUT2D eigenvalue weighted by atomic mass is 10.3. The second-order valence-electron chi connectivity index (χ2n) is 3.21. The summed E-state index contributed by atoms with van der Waals surface area (Å²) in [6, 6.07) is 2.36. The Morgan fingerprint density at radius 3 is 2.22 bits per heavy atom. The minimum atomic E-state index is -4.97. The molecule has 1 N–H and O–H groups in total. The molecule has 0 aliphatic rings. The Morgan fingerprint density at radius 1 is 1.17 bits per heavy atom. The topological polar surface area (TPSA) is 38.3 Å². The van der Waals surface area contributed by atoms with Crippen LogP contribution in [0.4, 0.5) is 22.0 Å². The van der Waals surface area contributed by atoms with Crippen molar-refractivity contribution in [2.45, 2.75) is 6.18 Å². The van der Waals surface area contributed by atoms with Crippen molar-refractivity contribution in [3.63, 3.8) is 0 Å². The quantitative estimate of drug-likeness (QED) is 0.671. The third-order valence-corrected chi connectivity index (χ3v) is 1.75. The molecule has 100 valence electrons. The van der Waals surface area contributed by atoms with E-state index in [0.29, 0.717) is 6.07 Å². The molecule has 0 radical (unpaired) electrons. The van der Waals surface area contributed by atoms with E-state index >= 15 is 0 Å². The van der Waals surface area contributed by atoms with Crippen molar-refractivity contribution >= 4 is 5.91 Å². The van der Waals surface area contributed by atoms with Gasteiger partial charge in [0.1, 0.15) is 24.0 Å². The van der Waals surface area contributed by atoms with Crippen LogP contribution in [0.25, 0.3) is 0 Å². The van der Waals surface area contributed by atoms with Gasteiger partial charge in [-0.1, -0.05) is 0 Å². The van der Waals surface area contributed by atoms with E-state index in [9.17, 15) is 26.7 Å². The van der Waals surface area contributed by atoms with Gasteiger partial charge >= 0.3 is 12.1 Å². The molecule has 8 heteroatoms. The molecule has 1 aromatic carbocycles. The maximum absolute atomic E-state index is 12.7. The number of ether oxygens (including phenoxy) is 1. The van der Waals surface area contributed by atoms with Crippen LogP contribution >= 0.6 is 0 Å². The summed E-state index contributed by atoms with van der Waals surface area (Å²) in [6.07, 6.45) is -4.97. The van der Waals surface area contributed by atoms with Gasteiger partial charge in [0.2, 0.25) is 0 Å². The summed E-state index contributed by atoms with van der Waals surface area (Å²) in [4.78, 5) is 10.4. The summed E-state index contributed by atoms with van der Waals surface area (Å²) in [5.41, 5.74) is 0. The van der Waals surface area contributed by atoms with Gasteiger partial charge < -0.3 is 10.1 Å². The van der Waals surface area contributed by atoms with Crippen molar-refractivity contribution in [2.75, 3.05) is 13.2 Å². The fourth-order valence-corrected chi connectivity index (χ4v) is 1.05. The summed E-state index contributed by atoms with van der Waals surface area (Å²) < 4.78 is 65.4. The van der Waals surface area contributed by atoms with Gasteiger partial charge in [-0.25, -0.2) is 8.78 Å². The van der Waals surface area contributed by atoms with Crippen molar-refractivity contribution in [2.24, 2.45) is 0 Å². The van der Waals surface area contributed by atoms with Gasteiger partial charge in [-0.05, 0) is 0 Å². The smallest absolute Gasteiger partial charge is 0.471 e. The average molecular weight is 269 g/mol. The van der Waals surface area contributed by atoms with Crippen molar-refractivity contribution in [1.29, 1.82) is 0 Å². The zero-order chi connectivity index (χ0) is 13.8. The Hall–Kier alpha value is -1.86. The standard InChI is InChI=1S/C10H8F5NO2/c11-6-3-7(12)5-8(4-6)18-2-1-16-9(17)10(13,14)15/h3-5H,1-2H2,(H,16,17). The van der Waals surface area contributed by atoms with Gasteiger partial charge in [0.25, 0.3) is 0 Å². The lowest BCUT2D eigenvalue weighted by molar-refractivity contribution is -0.173. The van der Waals surface area contributed by atoms with Gasteiger partial charge in [-0.2, -0.15) is 13.2 Å². The SMILES string of the molecule is O=C(NCCOc1cc(F)cc(F)c1)C(F)(F)F. The molecule has 0 aromatic heterocycles. The molecule has 1 rings (SSSR count). The summed E-state index contributed by atoms with van der Waals surface area (Å²) in [5.74, 6) is -4.01. The van der Waals surface area contributed by atoms with Crippen LogP contribution in [-0.2, 0) is 4.79 Å². The normalized spacial score (nSPS) is 11.2. The largest absolute Gasteiger partial charge is 0.492 e. The molecular formula is C10H8F5NO2. The predicted molar refractivity (Wildman–Crippen MR) is 50.9 cm³/mol. The van der Waals surface area contributed by atoms with E-state index in [4.69, 9.17) is 4.74 Å². The van der Waals surface area contributed by atoms with Gasteiger partial charge in [-0.3, -0.25) is 4.79 Å². The van der Waals surface area contributed by atoms with Gasteiger partial charge in [0.15, 0.2) is 0 Å². The third-order valence-electron chi connectivity index (χ3n) is 1.75. The predicted octanol–water partition coefficient (Wildman–Crippen LogP) is 2.02. The molecule has 0 saturated carbocycles. The minimum Gasteiger partial charge on any atom is -0.492 e. The van der Waals surface area contributed by atoms with Crippen molar-refractivity contribution in [3.05, 3.63) is 29.8 Å². The summed E-state index contributed by atoms with van der Waals surface area (Å²) in [6.45, 7) is -0.777. The van der Waals surface area contributed by atoms with Crippen LogP contribution in [0.2, 0.25) is 0 Å². The molecule has 0 fully saturated rings. The highest BCUT2D eigenvalue weighted by Gasteiger charge is 2.38. The molecule has 0 spiro atoms. The number of benzene rings is 1. The molecule has 0 unspecified atom stereocenters. The molecule has 0 heterocycles. The number of carbonyl (C=O) groups is 1. The Kier molecular flexibility index (Phi) is 4.46. The van der Waals surface area contributed by atoms with Crippen LogP contribution < -0.4 is 10.1 Å². The molecule has 0 atom stereocenters. The maximum atomic E-state index is 12.7. The Labute approximate surface area is 98.5 Å². The van der Waals surface area contributed by atoms with E-state index in [1.54, 1.807) is 5.32 Å². The molecule has 1 aromatic rings. The van der Waals surface area contributed by atoms with Crippen LogP contribution in [0.3, 0.4) is 0 Å². The van der Waals surface area contributed by atoms with Crippen molar-refractivity contribution < 1.29 is 31.5 Å². The highest BCUT2D eigenvalue weighted by atomic mass is 19.4. The fraction of sp³-hybridized carbons (Fsp3) is 0.300. The van der Waals surface area contributed by atoms with Gasteiger partial charge in [-0.15, -0.1) is 0 Å². The first-order valence-corrected chi connectivity index (χ1v) is 4.73. The molecule has 0 bridgehead atoms. The highest BCUT2D eigenvalue weighted by molar-refractivity contribution is 5.81. The van der Waals surface area contributed by atoms with E-state index in [2.05, 4.69) is 0 Å². The molecule has 0 saturated heterocycles. The number of hydrogen-bond acceptors (Lipinski definition) is 2. The number of carbonyl (C=O) groups excluding carboxylic acids is 1. The highest BCUT2D eigenvalue weighted by Crippen LogP contribution is 2.15. The van der Waals surface area contributed by atoms with E-state index in [-0.39, 0.29) is 12.4 Å². The lowest BCUT2D eigenvalue weighted by Gasteiger charge is -2.09. The Balaban J connectivity index is 2.36. The monoisotopic (exact) mass is 269 g/mol. The van der Waals surface area contributed by atoms with Gasteiger partial charge in [0, 0.05) is 18.2 Å². The molecule has 0 aliphatic carbocycles. The average Bonchev–Trinajstić information content (AvgIpc) is 2.21. The Bertz CT molecular complexity index is 413. The third kappa shape index (κ3) is 4.56. The molecule has 0 aliphatic heterocycles. The zero-order valence-corrected chi connectivity index (χ0v) is 8.85. The summed E-state index contributed by atoms with van der Waals surface area (Å²) >= 11 is 0. The first-order valence-electron chi connectivity index (χ1n) is 4.73. The van der Waals surface area contributed by atoms with Crippen LogP contribution in [0.1, 0.15) is 0 Å². The van der Waals surface area contributed by atoms with Crippen LogP contribution in [-0.4, -0.2) is 25.2 Å². The van der Waals surface area contributed by atoms with Crippen LogP contribution in [0.15, 0.2) is 18.2 Å². The first kappa shape index (κ1) is 14.2. The number of alkyl halides is 3. The summed E-state index contributed by atoms with van der Waals surface area (Å²) in [7, 11) is 0. The maximum Gasteiger partial charge on any atom is 0.471 e. The van der Waals surface area contributed by atoms with E-state index in [1.165, 1.54) is 0 Å². The van der Waals surface area contributed by atoms with E-state index < -0.39 is 30.3 Å². The second kappa shape index (κ2) is 5.65. The van der Waals surface area contributed by atoms with Crippen LogP contribution in [0.5, 0.6) is 5.75 Å². The first-order chi connectivity index (χ1) is 8.29. The zero-order valence-electron chi connectivity index (χ0n) is 8.85. The lowest BCUT2D eigenvalue weighted by Crippen LogP contribution is -2.38. The van der Waals surface area contributed by atoms with E-state index in [0.717, 1.165) is 12.1 Å². The molecule has 1 amide bonds. The van der Waals surface area contributed by atoms with Gasteiger partial charge in [0.05, 0.1) is 6.54 Å². The second-order valence-corrected chi connectivity index (χ2v) is 3.21. The van der Waals surface area contributed by atoms with E-state index in [1.807, 2.05) is 0 Å². The molecule has 3 nitrogen and oxygen atoms in total. The molecular weight excluding hydrogens is 261 g/mol. The minimum absolute atomic E-state index is 0.172. The number of amides is 1. The number of halogens is 5.